The quantitative estimate of drug-likeness (QED) is 0.0199. The maximum Gasteiger partial charge on any atom is 0.306 e. The van der Waals surface area contributed by atoms with Crippen LogP contribution in [0.5, 0.6) is 0 Å². The average Bonchev–Trinajstić information content (AvgIpc) is 3.28. The lowest BCUT2D eigenvalue weighted by Gasteiger charge is -2.18. The van der Waals surface area contributed by atoms with Crippen LogP contribution in [0.2, 0.25) is 0 Å². The molecule has 0 rings (SSSR count). The average molecular weight is 877 g/mol. The summed E-state index contributed by atoms with van der Waals surface area (Å²) < 4.78 is 16.7. The lowest BCUT2D eigenvalue weighted by atomic mass is 10.1. The second kappa shape index (κ2) is 51.2. The molecule has 0 aliphatic heterocycles. The van der Waals surface area contributed by atoms with Crippen LogP contribution in [-0.2, 0) is 28.6 Å². The Hall–Kier alpha value is -3.41. The van der Waals surface area contributed by atoms with Crippen molar-refractivity contribution in [3.8, 4) is 0 Å². The van der Waals surface area contributed by atoms with Gasteiger partial charge in [0.05, 0.1) is 0 Å². The summed E-state index contributed by atoms with van der Waals surface area (Å²) in [5.74, 6) is -1.00. The number of hydrogen-bond acceptors (Lipinski definition) is 6. The summed E-state index contributed by atoms with van der Waals surface area (Å²) in [4.78, 5) is 37.9. The van der Waals surface area contributed by atoms with Gasteiger partial charge in [-0.15, -0.1) is 0 Å². The predicted molar refractivity (Wildman–Crippen MR) is 270 cm³/mol. The van der Waals surface area contributed by atoms with Gasteiger partial charge in [0.1, 0.15) is 13.2 Å². The van der Waals surface area contributed by atoms with Crippen molar-refractivity contribution in [2.45, 2.75) is 245 Å². The first kappa shape index (κ1) is 59.6. The molecule has 6 heteroatoms. The fourth-order valence-corrected chi connectivity index (χ4v) is 7.03. The highest BCUT2D eigenvalue weighted by Crippen LogP contribution is 2.14. The molecule has 0 aromatic rings. The predicted octanol–water partition coefficient (Wildman–Crippen LogP) is 17.2. The largest absolute Gasteiger partial charge is 0.462 e. The minimum atomic E-state index is -0.813. The van der Waals surface area contributed by atoms with Crippen LogP contribution < -0.4 is 0 Å². The standard InChI is InChI=1S/C57H96O6/c1-4-7-10-13-16-19-22-25-27-28-30-32-35-38-41-44-47-50-56(59)62-53-54(52-61-55(58)49-46-43-40-37-34-31-24-21-18-15-12-9-6-3)63-57(60)51-48-45-42-39-36-33-29-26-23-20-17-14-11-8-5-2/h8,11,14,17,20,23,25-27,29,31,34,40,43,54H,4-7,9-10,12-13,15-16,18-19,21-22,24,28,30,32-33,35-39,41-42,44-53H2,1-3H3/b11-8-,17-14-,23-20-,27-25-,29-26-,34-31-,43-40-. The van der Waals surface area contributed by atoms with E-state index in [1.807, 2.05) is 30.4 Å². The van der Waals surface area contributed by atoms with E-state index in [1.165, 1.54) is 116 Å². The van der Waals surface area contributed by atoms with Gasteiger partial charge in [0.25, 0.3) is 0 Å². The molecular weight excluding hydrogens is 781 g/mol. The van der Waals surface area contributed by atoms with E-state index < -0.39 is 6.10 Å². The van der Waals surface area contributed by atoms with Crippen molar-refractivity contribution in [3.63, 3.8) is 0 Å². The fourth-order valence-electron chi connectivity index (χ4n) is 7.03. The third-order valence-electron chi connectivity index (χ3n) is 11.0. The molecular formula is C57H96O6. The molecule has 360 valence electrons. The Morgan fingerprint density at radius 2 is 0.714 bits per heavy atom. The highest BCUT2D eigenvalue weighted by atomic mass is 16.6. The summed E-state index contributed by atoms with van der Waals surface area (Å²) in [6.07, 6.45) is 65.8. The van der Waals surface area contributed by atoms with Crippen molar-refractivity contribution in [1.29, 1.82) is 0 Å². The number of rotatable bonds is 46. The molecule has 0 heterocycles. The Labute approximate surface area is 388 Å². The molecule has 0 aliphatic carbocycles. The summed E-state index contributed by atoms with van der Waals surface area (Å²) in [6.45, 7) is 6.41. The first-order chi connectivity index (χ1) is 31.0. The molecule has 0 bridgehead atoms. The fraction of sp³-hybridized carbons (Fsp3) is 0.702. The SMILES string of the molecule is CC\C=C/C=C\C=C/C=C\CCCCCCCC(=O)OC(COC(=O)CC/C=C\C/C=C\CCCCCCCC)COC(=O)CCCCCCCCC/C=C\CCCCCCCC. The third kappa shape index (κ3) is 49.5. The lowest BCUT2D eigenvalue weighted by Crippen LogP contribution is -2.30. The Morgan fingerprint density at radius 1 is 0.349 bits per heavy atom. The van der Waals surface area contributed by atoms with Crippen molar-refractivity contribution >= 4 is 17.9 Å². The smallest absolute Gasteiger partial charge is 0.306 e. The Balaban J connectivity index is 4.48. The number of ether oxygens (including phenoxy) is 3. The Morgan fingerprint density at radius 3 is 1.21 bits per heavy atom. The number of carbonyl (C=O) groups excluding carboxylic acids is 3. The van der Waals surface area contributed by atoms with E-state index in [9.17, 15) is 14.4 Å². The van der Waals surface area contributed by atoms with Crippen LogP contribution in [0.15, 0.2) is 85.1 Å². The van der Waals surface area contributed by atoms with E-state index in [2.05, 4.69) is 75.5 Å². The topological polar surface area (TPSA) is 78.9 Å². The number of esters is 3. The third-order valence-corrected chi connectivity index (χ3v) is 11.0. The first-order valence-corrected chi connectivity index (χ1v) is 26.1. The summed E-state index contributed by atoms with van der Waals surface area (Å²) in [6, 6.07) is 0. The normalized spacial score (nSPS) is 12.7. The zero-order valence-electron chi connectivity index (χ0n) is 41.1. The molecule has 6 nitrogen and oxygen atoms in total. The molecule has 0 amide bonds. The molecule has 0 saturated heterocycles. The van der Waals surface area contributed by atoms with Crippen LogP contribution in [-0.4, -0.2) is 37.2 Å². The maximum absolute atomic E-state index is 12.8. The van der Waals surface area contributed by atoms with E-state index in [0.29, 0.717) is 12.8 Å². The van der Waals surface area contributed by atoms with Crippen molar-refractivity contribution < 1.29 is 28.6 Å². The van der Waals surface area contributed by atoms with Gasteiger partial charge in [-0.05, 0) is 83.5 Å². The van der Waals surface area contributed by atoms with E-state index in [0.717, 1.165) is 77.0 Å². The van der Waals surface area contributed by atoms with Crippen molar-refractivity contribution in [1.82, 2.24) is 0 Å². The second-order valence-corrected chi connectivity index (χ2v) is 17.1. The molecule has 0 aromatic carbocycles. The Bertz CT molecular complexity index is 1240. The van der Waals surface area contributed by atoms with Crippen LogP contribution in [0.4, 0.5) is 0 Å². The van der Waals surface area contributed by atoms with Gasteiger partial charge >= 0.3 is 17.9 Å². The molecule has 0 fully saturated rings. The maximum atomic E-state index is 12.8. The second-order valence-electron chi connectivity index (χ2n) is 17.1. The molecule has 0 radical (unpaired) electrons. The zero-order valence-corrected chi connectivity index (χ0v) is 41.1. The van der Waals surface area contributed by atoms with Gasteiger partial charge in [-0.1, -0.05) is 221 Å². The molecule has 1 unspecified atom stereocenters. The van der Waals surface area contributed by atoms with Gasteiger partial charge in [0.2, 0.25) is 0 Å². The van der Waals surface area contributed by atoms with E-state index in [1.54, 1.807) is 0 Å². The molecule has 0 N–H and O–H groups in total. The highest BCUT2D eigenvalue weighted by Gasteiger charge is 2.19. The molecule has 0 aliphatic rings. The molecule has 1 atom stereocenters. The molecule has 0 spiro atoms. The van der Waals surface area contributed by atoms with Crippen LogP contribution in [0.25, 0.3) is 0 Å². The zero-order chi connectivity index (χ0) is 45.8. The first-order valence-electron chi connectivity index (χ1n) is 26.1. The number of carbonyl (C=O) groups is 3. The molecule has 0 saturated carbocycles. The van der Waals surface area contributed by atoms with E-state index >= 15 is 0 Å². The molecule has 0 aromatic heterocycles. The summed E-state index contributed by atoms with van der Waals surface area (Å²) in [7, 11) is 0. The van der Waals surface area contributed by atoms with Crippen LogP contribution in [0.3, 0.4) is 0 Å². The summed E-state index contributed by atoms with van der Waals surface area (Å²) in [5, 5.41) is 0. The van der Waals surface area contributed by atoms with Gasteiger partial charge < -0.3 is 14.2 Å². The number of allylic oxidation sites excluding steroid dienone is 14. The van der Waals surface area contributed by atoms with Crippen LogP contribution in [0, 0.1) is 0 Å². The van der Waals surface area contributed by atoms with Crippen LogP contribution >= 0.6 is 0 Å². The van der Waals surface area contributed by atoms with Crippen LogP contribution in [0.1, 0.15) is 239 Å². The van der Waals surface area contributed by atoms with Gasteiger partial charge in [-0.2, -0.15) is 0 Å². The van der Waals surface area contributed by atoms with Crippen molar-refractivity contribution in [2.75, 3.05) is 13.2 Å². The van der Waals surface area contributed by atoms with Gasteiger partial charge in [-0.25, -0.2) is 0 Å². The van der Waals surface area contributed by atoms with Crippen molar-refractivity contribution in [3.05, 3.63) is 85.1 Å². The summed E-state index contributed by atoms with van der Waals surface area (Å²) in [5.41, 5.74) is 0. The number of unbranched alkanes of at least 4 members (excludes halogenated alkanes) is 24. The summed E-state index contributed by atoms with van der Waals surface area (Å²) >= 11 is 0. The molecule has 63 heavy (non-hydrogen) atoms. The van der Waals surface area contributed by atoms with E-state index in [4.69, 9.17) is 14.2 Å². The monoisotopic (exact) mass is 877 g/mol. The number of hydrogen-bond donors (Lipinski definition) is 0. The van der Waals surface area contributed by atoms with E-state index in [-0.39, 0.29) is 44.0 Å². The van der Waals surface area contributed by atoms with Gasteiger partial charge in [0, 0.05) is 19.3 Å². The minimum Gasteiger partial charge on any atom is -0.462 e. The highest BCUT2D eigenvalue weighted by molar-refractivity contribution is 5.71. The van der Waals surface area contributed by atoms with Gasteiger partial charge in [-0.3, -0.25) is 14.4 Å². The van der Waals surface area contributed by atoms with Crippen molar-refractivity contribution in [2.24, 2.45) is 0 Å². The lowest BCUT2D eigenvalue weighted by molar-refractivity contribution is -0.166. The van der Waals surface area contributed by atoms with Gasteiger partial charge in [0.15, 0.2) is 6.10 Å². The Kier molecular flexibility index (Phi) is 48.5. The minimum absolute atomic E-state index is 0.106.